The molecule has 1 aromatic heterocycles. The number of sulfonamides is 1. The van der Waals surface area contributed by atoms with Crippen LogP contribution < -0.4 is 10.0 Å². The van der Waals surface area contributed by atoms with Gasteiger partial charge in [-0.25, -0.2) is 13.1 Å². The fourth-order valence-corrected chi connectivity index (χ4v) is 4.18. The zero-order valence-corrected chi connectivity index (χ0v) is 13.7. The quantitative estimate of drug-likeness (QED) is 0.621. The maximum atomic E-state index is 12.1. The Bertz CT molecular complexity index is 500. The molecule has 6 nitrogen and oxygen atoms in total. The monoisotopic (exact) mass is 322 g/mol. The number of methoxy groups -OCH3 is 1. The first-order valence-corrected chi connectivity index (χ1v) is 8.61. The smallest absolute Gasteiger partial charge is 0.250 e. The molecule has 0 radical (unpaired) electrons. The number of aryl methyl sites for hydroxylation is 1. The molecule has 116 valence electrons. The van der Waals surface area contributed by atoms with Crippen LogP contribution in [-0.2, 0) is 26.0 Å². The average Bonchev–Trinajstić information content (AvgIpc) is 2.77. The van der Waals surface area contributed by atoms with E-state index in [9.17, 15) is 8.42 Å². The molecule has 1 aromatic rings. The molecule has 1 heterocycles. The lowest BCUT2D eigenvalue weighted by Crippen LogP contribution is -2.27. The van der Waals surface area contributed by atoms with E-state index in [0.717, 1.165) is 10.4 Å². The van der Waals surface area contributed by atoms with Crippen LogP contribution in [-0.4, -0.2) is 48.9 Å². The lowest BCUT2D eigenvalue weighted by Gasteiger charge is -2.05. The zero-order chi connectivity index (χ0) is 15.0. The summed E-state index contributed by atoms with van der Waals surface area (Å²) in [7, 11) is -0.0161. The Labute approximate surface area is 124 Å². The van der Waals surface area contributed by atoms with E-state index >= 15 is 0 Å². The van der Waals surface area contributed by atoms with Crippen molar-refractivity contribution in [2.45, 2.75) is 17.7 Å². The lowest BCUT2D eigenvalue weighted by atomic mass is 10.3. The molecule has 0 atom stereocenters. The predicted octanol–water partition coefficient (Wildman–Crippen LogP) is 0.717. The standard InChI is InChI=1S/C12H22N2O4S2/c1-10-8-12(19-11(10)9-13-2)20(15,16)14-4-5-18-7-6-17-3/h8,13-14H,4-7,9H2,1-3H3. The van der Waals surface area contributed by atoms with Crippen LogP contribution in [0, 0.1) is 6.92 Å². The highest BCUT2D eigenvalue weighted by molar-refractivity contribution is 7.91. The van der Waals surface area contributed by atoms with Gasteiger partial charge in [0, 0.05) is 25.1 Å². The van der Waals surface area contributed by atoms with Crippen LogP contribution in [0.25, 0.3) is 0 Å². The van der Waals surface area contributed by atoms with Gasteiger partial charge in [0.1, 0.15) is 4.21 Å². The molecule has 8 heteroatoms. The molecule has 0 bridgehead atoms. The van der Waals surface area contributed by atoms with Crippen LogP contribution in [0.3, 0.4) is 0 Å². The SMILES string of the molecule is CNCc1sc(S(=O)(=O)NCCOCCOC)cc1C. The highest BCUT2D eigenvalue weighted by atomic mass is 32.2. The minimum atomic E-state index is -3.44. The molecular weight excluding hydrogens is 300 g/mol. The molecule has 0 aliphatic heterocycles. The minimum Gasteiger partial charge on any atom is -0.382 e. The number of hydrogen-bond donors (Lipinski definition) is 2. The third kappa shape index (κ3) is 5.47. The van der Waals surface area contributed by atoms with E-state index in [1.807, 2.05) is 14.0 Å². The minimum absolute atomic E-state index is 0.254. The highest BCUT2D eigenvalue weighted by Gasteiger charge is 2.18. The van der Waals surface area contributed by atoms with Gasteiger partial charge in [-0.05, 0) is 25.6 Å². The van der Waals surface area contributed by atoms with Crippen molar-refractivity contribution in [3.8, 4) is 0 Å². The van der Waals surface area contributed by atoms with E-state index in [4.69, 9.17) is 9.47 Å². The van der Waals surface area contributed by atoms with Crippen molar-refractivity contribution < 1.29 is 17.9 Å². The summed E-state index contributed by atoms with van der Waals surface area (Å²) in [5, 5.41) is 3.02. The Morgan fingerprint density at radius 2 is 2.05 bits per heavy atom. The van der Waals surface area contributed by atoms with E-state index in [-0.39, 0.29) is 6.54 Å². The molecule has 0 aliphatic rings. The normalized spacial score (nSPS) is 11.9. The summed E-state index contributed by atoms with van der Waals surface area (Å²) in [6.45, 7) is 4.13. The van der Waals surface area contributed by atoms with Crippen LogP contribution in [0.15, 0.2) is 10.3 Å². The van der Waals surface area contributed by atoms with Crippen molar-refractivity contribution >= 4 is 21.4 Å². The van der Waals surface area contributed by atoms with Crippen LogP contribution >= 0.6 is 11.3 Å². The van der Waals surface area contributed by atoms with Crippen LogP contribution in [0.2, 0.25) is 0 Å². The van der Waals surface area contributed by atoms with Gasteiger partial charge in [-0.3, -0.25) is 0 Å². The van der Waals surface area contributed by atoms with Crippen LogP contribution in [0.4, 0.5) is 0 Å². The van der Waals surface area contributed by atoms with Gasteiger partial charge in [0.15, 0.2) is 0 Å². The second kappa shape index (κ2) is 8.71. The van der Waals surface area contributed by atoms with Crippen molar-refractivity contribution in [2.24, 2.45) is 0 Å². The molecule has 0 aromatic carbocycles. The average molecular weight is 322 g/mol. The molecule has 2 N–H and O–H groups in total. The van der Waals surface area contributed by atoms with Gasteiger partial charge >= 0.3 is 0 Å². The van der Waals surface area contributed by atoms with E-state index in [2.05, 4.69) is 10.0 Å². The fraction of sp³-hybridized carbons (Fsp3) is 0.667. The van der Waals surface area contributed by atoms with E-state index in [0.29, 0.717) is 30.6 Å². The summed E-state index contributed by atoms with van der Waals surface area (Å²) in [5.41, 5.74) is 0.987. The Hall–Kier alpha value is -0.510. The van der Waals surface area contributed by atoms with Gasteiger partial charge in [0.05, 0.1) is 19.8 Å². The third-order valence-corrected chi connectivity index (χ3v) is 5.74. The molecule has 0 fully saturated rings. The summed E-state index contributed by atoms with van der Waals surface area (Å²) in [5.74, 6) is 0. The predicted molar refractivity (Wildman–Crippen MR) is 79.7 cm³/mol. The Balaban J connectivity index is 2.49. The van der Waals surface area contributed by atoms with Crippen molar-refractivity contribution in [1.29, 1.82) is 0 Å². The van der Waals surface area contributed by atoms with Crippen molar-refractivity contribution in [3.05, 3.63) is 16.5 Å². The second-order valence-corrected chi connectivity index (χ2v) is 7.34. The summed E-state index contributed by atoms with van der Waals surface area (Å²) in [4.78, 5) is 1.03. The van der Waals surface area contributed by atoms with Crippen LogP contribution in [0.5, 0.6) is 0 Å². The first kappa shape index (κ1) is 17.5. The first-order valence-electron chi connectivity index (χ1n) is 6.31. The molecule has 20 heavy (non-hydrogen) atoms. The van der Waals surface area contributed by atoms with Gasteiger partial charge in [0.25, 0.3) is 0 Å². The lowest BCUT2D eigenvalue weighted by molar-refractivity contribution is 0.0736. The zero-order valence-electron chi connectivity index (χ0n) is 12.1. The summed E-state index contributed by atoms with van der Waals surface area (Å²) in [6, 6.07) is 1.70. The molecule has 0 unspecified atom stereocenters. The maximum absolute atomic E-state index is 12.1. The summed E-state index contributed by atoms with van der Waals surface area (Å²) >= 11 is 1.29. The number of hydrogen-bond acceptors (Lipinski definition) is 6. The first-order chi connectivity index (χ1) is 9.51. The van der Waals surface area contributed by atoms with Crippen molar-refractivity contribution in [2.75, 3.05) is 40.5 Å². The molecule has 0 amide bonds. The van der Waals surface area contributed by atoms with E-state index in [1.54, 1.807) is 13.2 Å². The number of nitrogens with one attached hydrogen (secondary N) is 2. The Morgan fingerprint density at radius 1 is 1.30 bits per heavy atom. The van der Waals surface area contributed by atoms with Crippen molar-refractivity contribution in [1.82, 2.24) is 10.0 Å². The Kier molecular flexibility index (Phi) is 7.63. The van der Waals surface area contributed by atoms with Crippen LogP contribution in [0.1, 0.15) is 10.4 Å². The molecule has 0 saturated heterocycles. The molecule has 0 spiro atoms. The summed E-state index contributed by atoms with van der Waals surface area (Å²) in [6.07, 6.45) is 0. The number of ether oxygens (including phenoxy) is 2. The van der Waals surface area contributed by atoms with Gasteiger partial charge in [-0.15, -0.1) is 11.3 Å². The molecule has 0 saturated carbocycles. The topological polar surface area (TPSA) is 76.7 Å². The molecule has 1 rings (SSSR count). The highest BCUT2D eigenvalue weighted by Crippen LogP contribution is 2.25. The molecule has 0 aliphatic carbocycles. The summed E-state index contributed by atoms with van der Waals surface area (Å²) < 4.78 is 37.1. The fourth-order valence-electron chi connectivity index (χ4n) is 1.52. The maximum Gasteiger partial charge on any atom is 0.250 e. The van der Waals surface area contributed by atoms with E-state index < -0.39 is 10.0 Å². The van der Waals surface area contributed by atoms with E-state index in [1.165, 1.54) is 11.3 Å². The number of rotatable bonds is 10. The largest absolute Gasteiger partial charge is 0.382 e. The third-order valence-electron chi connectivity index (χ3n) is 2.57. The van der Waals surface area contributed by atoms with Gasteiger partial charge in [-0.2, -0.15) is 0 Å². The van der Waals surface area contributed by atoms with Gasteiger partial charge < -0.3 is 14.8 Å². The molecular formula is C12H22N2O4S2. The number of thiophene rings is 1. The second-order valence-electron chi connectivity index (χ2n) is 4.20. The van der Waals surface area contributed by atoms with Gasteiger partial charge in [-0.1, -0.05) is 0 Å². The van der Waals surface area contributed by atoms with Gasteiger partial charge in [0.2, 0.25) is 10.0 Å². The van der Waals surface area contributed by atoms with Crippen molar-refractivity contribution in [3.63, 3.8) is 0 Å². The Morgan fingerprint density at radius 3 is 2.70 bits per heavy atom.